The Kier molecular flexibility index (Phi) is 3.82. The molecule has 0 saturated heterocycles. The van der Waals surface area contributed by atoms with E-state index in [1.807, 2.05) is 18.3 Å². The maximum absolute atomic E-state index is 13.0. The molecule has 0 aliphatic carbocycles. The number of benzene rings is 1. The molecule has 0 saturated carbocycles. The summed E-state index contributed by atoms with van der Waals surface area (Å²) in [5.74, 6) is -0.393. The smallest absolute Gasteiger partial charge is 0.150 e. The van der Waals surface area contributed by atoms with Gasteiger partial charge in [-0.2, -0.15) is 0 Å². The lowest BCUT2D eigenvalue weighted by Gasteiger charge is -2.05. The Labute approximate surface area is 105 Å². The van der Waals surface area contributed by atoms with Crippen molar-refractivity contribution in [3.8, 4) is 0 Å². The first-order chi connectivity index (χ1) is 8.72. The normalized spacial score (nSPS) is 10.3. The van der Waals surface area contributed by atoms with Crippen LogP contribution in [0.5, 0.6) is 0 Å². The summed E-state index contributed by atoms with van der Waals surface area (Å²) < 4.78 is 13.0. The second kappa shape index (κ2) is 5.54. The van der Waals surface area contributed by atoms with Gasteiger partial charge in [-0.15, -0.1) is 0 Å². The summed E-state index contributed by atoms with van der Waals surface area (Å²) in [6, 6.07) is 8.21. The van der Waals surface area contributed by atoms with Gasteiger partial charge in [0.05, 0.1) is 0 Å². The molecule has 3 heteroatoms. The van der Waals surface area contributed by atoms with Crippen LogP contribution in [0.3, 0.4) is 0 Å². The van der Waals surface area contributed by atoms with Crippen LogP contribution < -0.4 is 0 Å². The van der Waals surface area contributed by atoms with Crippen LogP contribution >= 0.6 is 0 Å². The number of hydrogen-bond donors (Lipinski definition) is 0. The van der Waals surface area contributed by atoms with Crippen LogP contribution in [-0.4, -0.2) is 11.3 Å². The molecule has 2 aromatic rings. The average molecular weight is 243 g/mol. The maximum Gasteiger partial charge on any atom is 0.150 e. The van der Waals surface area contributed by atoms with E-state index in [-0.39, 0.29) is 0 Å². The molecule has 1 aromatic heterocycles. The third kappa shape index (κ3) is 2.80. The predicted octanol–water partition coefficient (Wildman–Crippen LogP) is 3.19. The second-order valence-electron chi connectivity index (χ2n) is 4.15. The van der Waals surface area contributed by atoms with Crippen LogP contribution in [0.4, 0.5) is 4.39 Å². The van der Waals surface area contributed by atoms with Crippen molar-refractivity contribution in [1.29, 1.82) is 0 Å². The molecule has 0 aliphatic rings. The maximum atomic E-state index is 13.0. The number of carbonyl (C=O) groups excluding carboxylic acids is 1. The zero-order valence-electron chi connectivity index (χ0n) is 10.2. The molecule has 0 amide bonds. The molecule has 1 heterocycles. The number of rotatable bonds is 4. The zero-order valence-corrected chi connectivity index (χ0v) is 10.2. The summed E-state index contributed by atoms with van der Waals surface area (Å²) in [4.78, 5) is 15.2. The van der Waals surface area contributed by atoms with Gasteiger partial charge in [-0.25, -0.2) is 4.39 Å². The van der Waals surface area contributed by atoms with Gasteiger partial charge in [-0.05, 0) is 35.7 Å². The minimum atomic E-state index is -0.393. The van der Waals surface area contributed by atoms with Gasteiger partial charge < -0.3 is 0 Å². The van der Waals surface area contributed by atoms with E-state index in [9.17, 15) is 9.18 Å². The van der Waals surface area contributed by atoms with E-state index < -0.39 is 5.82 Å². The highest BCUT2D eigenvalue weighted by Crippen LogP contribution is 2.14. The summed E-state index contributed by atoms with van der Waals surface area (Å²) >= 11 is 0. The summed E-state index contributed by atoms with van der Waals surface area (Å²) in [6.45, 7) is 2.07. The molecule has 0 atom stereocenters. The highest BCUT2D eigenvalue weighted by Gasteiger charge is 2.05. The molecule has 0 fully saturated rings. The van der Waals surface area contributed by atoms with Crippen molar-refractivity contribution in [1.82, 2.24) is 4.98 Å². The number of nitrogens with zero attached hydrogens (tertiary/aromatic N) is 1. The average Bonchev–Trinajstić information content (AvgIpc) is 2.41. The van der Waals surface area contributed by atoms with Crippen LogP contribution in [0, 0.1) is 5.82 Å². The molecule has 0 bridgehead atoms. The number of pyridine rings is 1. The van der Waals surface area contributed by atoms with Gasteiger partial charge in [0.2, 0.25) is 0 Å². The van der Waals surface area contributed by atoms with Crippen LogP contribution in [0.1, 0.15) is 34.1 Å². The van der Waals surface area contributed by atoms with E-state index in [4.69, 9.17) is 0 Å². The standard InChI is InChI=1S/C15H14FNO/c1-2-11-3-6-15(17-9-11)8-12-4-5-14(16)7-13(12)10-18/h3-7,9-10H,2,8H2,1H3. The van der Waals surface area contributed by atoms with Gasteiger partial charge in [-0.1, -0.05) is 19.1 Å². The Hall–Kier alpha value is -2.03. The van der Waals surface area contributed by atoms with Gasteiger partial charge in [0.1, 0.15) is 12.1 Å². The minimum absolute atomic E-state index is 0.386. The summed E-state index contributed by atoms with van der Waals surface area (Å²) in [7, 11) is 0. The third-order valence-electron chi connectivity index (χ3n) is 2.90. The molecule has 0 unspecified atom stereocenters. The van der Waals surface area contributed by atoms with E-state index in [1.165, 1.54) is 17.7 Å². The van der Waals surface area contributed by atoms with Crippen molar-refractivity contribution >= 4 is 6.29 Å². The van der Waals surface area contributed by atoms with Crippen LogP contribution in [-0.2, 0) is 12.8 Å². The predicted molar refractivity (Wildman–Crippen MR) is 68.2 cm³/mol. The molecule has 92 valence electrons. The lowest BCUT2D eigenvalue weighted by Crippen LogP contribution is -1.98. The van der Waals surface area contributed by atoms with Crippen LogP contribution in [0.25, 0.3) is 0 Å². The van der Waals surface area contributed by atoms with Gasteiger partial charge in [0.25, 0.3) is 0 Å². The van der Waals surface area contributed by atoms with Crippen molar-refractivity contribution < 1.29 is 9.18 Å². The number of carbonyl (C=O) groups is 1. The Morgan fingerprint density at radius 3 is 2.72 bits per heavy atom. The fourth-order valence-electron chi connectivity index (χ4n) is 1.80. The van der Waals surface area contributed by atoms with Gasteiger partial charge in [0, 0.05) is 23.9 Å². The topological polar surface area (TPSA) is 30.0 Å². The molecule has 0 aliphatic heterocycles. The number of hydrogen-bond acceptors (Lipinski definition) is 2. The Morgan fingerprint density at radius 2 is 2.11 bits per heavy atom. The number of aromatic nitrogens is 1. The first kappa shape index (κ1) is 12.4. The quantitative estimate of drug-likeness (QED) is 0.772. The molecule has 2 nitrogen and oxygen atoms in total. The summed E-state index contributed by atoms with van der Waals surface area (Å²) in [6.07, 6.45) is 4.00. The van der Waals surface area contributed by atoms with Gasteiger partial charge in [0.15, 0.2) is 0 Å². The molecule has 1 aromatic carbocycles. The van der Waals surface area contributed by atoms with E-state index in [1.54, 1.807) is 6.07 Å². The van der Waals surface area contributed by atoms with Crippen molar-refractivity contribution in [2.45, 2.75) is 19.8 Å². The molecular formula is C15H14FNO. The highest BCUT2D eigenvalue weighted by atomic mass is 19.1. The first-order valence-corrected chi connectivity index (χ1v) is 5.90. The van der Waals surface area contributed by atoms with Crippen molar-refractivity contribution in [3.05, 3.63) is 64.7 Å². The van der Waals surface area contributed by atoms with Crippen LogP contribution in [0.15, 0.2) is 36.5 Å². The first-order valence-electron chi connectivity index (χ1n) is 5.90. The Bertz CT molecular complexity index is 549. The van der Waals surface area contributed by atoms with Crippen molar-refractivity contribution in [3.63, 3.8) is 0 Å². The van der Waals surface area contributed by atoms with Gasteiger partial charge in [-0.3, -0.25) is 9.78 Å². The SMILES string of the molecule is CCc1ccc(Cc2ccc(F)cc2C=O)nc1. The van der Waals surface area contributed by atoms with Crippen LogP contribution in [0.2, 0.25) is 0 Å². The summed E-state index contributed by atoms with van der Waals surface area (Å²) in [5, 5.41) is 0. The van der Waals surface area contributed by atoms with Gasteiger partial charge >= 0.3 is 0 Å². The van der Waals surface area contributed by atoms with Crippen molar-refractivity contribution in [2.75, 3.05) is 0 Å². The van der Waals surface area contributed by atoms with E-state index in [2.05, 4.69) is 11.9 Å². The van der Waals surface area contributed by atoms with E-state index in [0.717, 1.165) is 17.7 Å². The molecule has 0 spiro atoms. The van der Waals surface area contributed by atoms with Crippen molar-refractivity contribution in [2.24, 2.45) is 0 Å². The minimum Gasteiger partial charge on any atom is -0.298 e. The number of aldehydes is 1. The Balaban J connectivity index is 2.24. The molecular weight excluding hydrogens is 229 g/mol. The largest absolute Gasteiger partial charge is 0.298 e. The summed E-state index contributed by atoms with van der Waals surface area (Å²) in [5.41, 5.74) is 3.23. The number of aryl methyl sites for hydroxylation is 1. The monoisotopic (exact) mass is 243 g/mol. The third-order valence-corrected chi connectivity index (χ3v) is 2.90. The van der Waals surface area contributed by atoms with E-state index in [0.29, 0.717) is 18.3 Å². The molecule has 18 heavy (non-hydrogen) atoms. The second-order valence-corrected chi connectivity index (χ2v) is 4.15. The lowest BCUT2D eigenvalue weighted by molar-refractivity contribution is 0.112. The molecule has 2 rings (SSSR count). The molecule has 0 radical (unpaired) electrons. The number of halogens is 1. The molecule has 0 N–H and O–H groups in total. The fourth-order valence-corrected chi connectivity index (χ4v) is 1.80. The fraction of sp³-hybridized carbons (Fsp3) is 0.200. The Morgan fingerprint density at radius 1 is 1.28 bits per heavy atom. The highest BCUT2D eigenvalue weighted by molar-refractivity contribution is 5.77. The van der Waals surface area contributed by atoms with E-state index >= 15 is 0 Å². The lowest BCUT2D eigenvalue weighted by atomic mass is 10.0. The zero-order chi connectivity index (χ0) is 13.0.